The lowest BCUT2D eigenvalue weighted by atomic mass is 10.0. The smallest absolute Gasteiger partial charge is 0.308 e. The first kappa shape index (κ1) is 8.50. The molecule has 0 radical (unpaired) electrons. The molecular formula is C8H10O5. The predicted molar refractivity (Wildman–Crippen MR) is 39.2 cm³/mol. The molecule has 13 heavy (non-hydrogen) atoms. The third kappa shape index (κ3) is 1.65. The van der Waals surface area contributed by atoms with Crippen LogP contribution in [0.3, 0.4) is 0 Å². The average molecular weight is 186 g/mol. The molecule has 72 valence electrons. The van der Waals surface area contributed by atoms with Gasteiger partial charge < -0.3 is 14.2 Å². The second kappa shape index (κ2) is 2.99. The van der Waals surface area contributed by atoms with E-state index in [4.69, 9.17) is 14.2 Å². The number of fused-ring (bicyclic) bond motifs is 2. The fraction of sp³-hybridized carbons (Fsp3) is 0.750. The maximum absolute atomic E-state index is 10.9. The summed E-state index contributed by atoms with van der Waals surface area (Å²) < 4.78 is 14.9. The molecule has 0 amide bonds. The third-order valence-corrected chi connectivity index (χ3v) is 2.14. The maximum Gasteiger partial charge on any atom is 0.308 e. The van der Waals surface area contributed by atoms with Gasteiger partial charge in [0, 0.05) is 19.3 Å². The molecule has 3 unspecified atom stereocenters. The van der Waals surface area contributed by atoms with Crippen LogP contribution in [-0.2, 0) is 23.8 Å². The first-order valence-electron chi connectivity index (χ1n) is 4.17. The van der Waals surface area contributed by atoms with Gasteiger partial charge in [0.1, 0.15) is 0 Å². The van der Waals surface area contributed by atoms with E-state index in [1.807, 2.05) is 0 Å². The van der Waals surface area contributed by atoms with Gasteiger partial charge in [-0.25, -0.2) is 0 Å². The summed E-state index contributed by atoms with van der Waals surface area (Å²) in [5.41, 5.74) is 0. The molecule has 0 saturated carbocycles. The van der Waals surface area contributed by atoms with Crippen molar-refractivity contribution < 1.29 is 23.8 Å². The van der Waals surface area contributed by atoms with Gasteiger partial charge in [-0.15, -0.1) is 0 Å². The molecule has 2 bridgehead atoms. The maximum atomic E-state index is 10.9. The number of hydrogen-bond donors (Lipinski definition) is 0. The van der Waals surface area contributed by atoms with Crippen LogP contribution in [0.5, 0.6) is 0 Å². The van der Waals surface area contributed by atoms with Gasteiger partial charge in [-0.05, 0) is 0 Å². The normalized spacial score (nSPS) is 37.0. The molecule has 0 aliphatic carbocycles. The van der Waals surface area contributed by atoms with E-state index in [-0.39, 0.29) is 18.3 Å². The first-order valence-corrected chi connectivity index (χ1v) is 4.17. The van der Waals surface area contributed by atoms with Crippen molar-refractivity contribution in [2.24, 2.45) is 5.92 Å². The van der Waals surface area contributed by atoms with Crippen LogP contribution < -0.4 is 0 Å². The highest BCUT2D eigenvalue weighted by molar-refractivity contribution is 5.71. The molecule has 0 aromatic heterocycles. The van der Waals surface area contributed by atoms with E-state index in [2.05, 4.69) is 0 Å². The second-order valence-electron chi connectivity index (χ2n) is 3.23. The Kier molecular flexibility index (Phi) is 1.95. The molecule has 0 aromatic carbocycles. The predicted octanol–water partition coefficient (Wildman–Crippen LogP) is 0.185. The van der Waals surface area contributed by atoms with Crippen molar-refractivity contribution >= 4 is 11.9 Å². The van der Waals surface area contributed by atoms with Gasteiger partial charge in [-0.3, -0.25) is 9.59 Å². The molecule has 2 saturated heterocycles. The largest absolute Gasteiger partial charge is 0.436 e. The van der Waals surface area contributed by atoms with Crippen molar-refractivity contribution in [3.8, 4) is 0 Å². The summed E-state index contributed by atoms with van der Waals surface area (Å²) >= 11 is 0. The van der Waals surface area contributed by atoms with E-state index >= 15 is 0 Å². The zero-order chi connectivity index (χ0) is 9.42. The van der Waals surface area contributed by atoms with Crippen molar-refractivity contribution in [3.05, 3.63) is 0 Å². The van der Waals surface area contributed by atoms with Crippen molar-refractivity contribution in [2.45, 2.75) is 32.3 Å². The molecular weight excluding hydrogens is 176 g/mol. The van der Waals surface area contributed by atoms with E-state index in [0.29, 0.717) is 6.42 Å². The van der Waals surface area contributed by atoms with Gasteiger partial charge in [0.25, 0.3) is 0 Å². The van der Waals surface area contributed by atoms with Crippen molar-refractivity contribution in [3.63, 3.8) is 0 Å². The Morgan fingerprint density at radius 2 is 2.38 bits per heavy atom. The number of carbonyl (C=O) groups is 2. The van der Waals surface area contributed by atoms with Gasteiger partial charge in [0.05, 0.1) is 6.42 Å². The molecule has 0 aromatic rings. The molecule has 5 heteroatoms. The summed E-state index contributed by atoms with van der Waals surface area (Å²) in [4.78, 5) is 21.6. The Balaban J connectivity index is 2.01. The third-order valence-electron chi connectivity index (χ3n) is 2.14. The molecule has 2 aliphatic heterocycles. The standard InChI is InChI=1S/C8H10O5/c1-4(9)11-8-5-2-6(10)12-7(3-5)13-8/h5,7-8H,2-3H2,1H3. The van der Waals surface area contributed by atoms with Gasteiger partial charge in [0.2, 0.25) is 12.6 Å². The summed E-state index contributed by atoms with van der Waals surface area (Å²) in [5, 5.41) is 0. The summed E-state index contributed by atoms with van der Waals surface area (Å²) in [6.07, 6.45) is -0.220. The number of carbonyl (C=O) groups excluding carboxylic acids is 2. The second-order valence-corrected chi connectivity index (χ2v) is 3.23. The van der Waals surface area contributed by atoms with Gasteiger partial charge >= 0.3 is 11.9 Å². The van der Waals surface area contributed by atoms with E-state index in [1.165, 1.54) is 6.92 Å². The fourth-order valence-corrected chi connectivity index (χ4v) is 1.63. The van der Waals surface area contributed by atoms with E-state index in [1.54, 1.807) is 0 Å². The van der Waals surface area contributed by atoms with Crippen molar-refractivity contribution in [2.75, 3.05) is 0 Å². The lowest BCUT2D eigenvalue weighted by Gasteiger charge is -2.16. The van der Waals surface area contributed by atoms with Gasteiger partial charge in [-0.1, -0.05) is 0 Å². The summed E-state index contributed by atoms with van der Waals surface area (Å²) in [6.45, 7) is 1.31. The number of hydrogen-bond acceptors (Lipinski definition) is 5. The summed E-state index contributed by atoms with van der Waals surface area (Å²) in [7, 11) is 0. The Morgan fingerprint density at radius 1 is 1.62 bits per heavy atom. The quantitative estimate of drug-likeness (QED) is 0.547. The number of esters is 2. The lowest BCUT2D eigenvalue weighted by molar-refractivity contribution is -0.203. The average Bonchev–Trinajstić information content (AvgIpc) is 2.25. The van der Waals surface area contributed by atoms with Crippen LogP contribution in [0.1, 0.15) is 19.8 Å². The zero-order valence-electron chi connectivity index (χ0n) is 7.19. The van der Waals surface area contributed by atoms with Crippen LogP contribution in [0.4, 0.5) is 0 Å². The minimum atomic E-state index is -0.603. The summed E-state index contributed by atoms with van der Waals surface area (Å²) in [5.74, 6) is -0.712. The molecule has 2 aliphatic rings. The summed E-state index contributed by atoms with van der Waals surface area (Å²) in [6, 6.07) is 0. The fourth-order valence-electron chi connectivity index (χ4n) is 1.63. The monoisotopic (exact) mass is 186 g/mol. The SMILES string of the molecule is CC(=O)OC1OC2CC1CC(=O)O2. The van der Waals surface area contributed by atoms with Crippen LogP contribution in [-0.4, -0.2) is 24.5 Å². The van der Waals surface area contributed by atoms with Crippen LogP contribution in [0.2, 0.25) is 0 Å². The number of ether oxygens (including phenoxy) is 3. The molecule has 5 nitrogen and oxygen atoms in total. The highest BCUT2D eigenvalue weighted by atomic mass is 16.8. The molecule has 0 N–H and O–H groups in total. The van der Waals surface area contributed by atoms with Gasteiger partial charge in [-0.2, -0.15) is 0 Å². The Labute approximate surface area is 74.9 Å². The van der Waals surface area contributed by atoms with Crippen LogP contribution in [0.15, 0.2) is 0 Å². The zero-order valence-corrected chi connectivity index (χ0v) is 7.19. The molecule has 0 spiro atoms. The minimum Gasteiger partial charge on any atom is -0.436 e. The van der Waals surface area contributed by atoms with Crippen LogP contribution >= 0.6 is 0 Å². The molecule has 2 fully saturated rings. The Morgan fingerprint density at radius 3 is 3.08 bits per heavy atom. The van der Waals surface area contributed by atoms with E-state index in [0.717, 1.165) is 0 Å². The Hall–Kier alpha value is -1.10. The highest BCUT2D eigenvalue weighted by Gasteiger charge is 2.44. The van der Waals surface area contributed by atoms with Crippen molar-refractivity contribution in [1.29, 1.82) is 0 Å². The highest BCUT2D eigenvalue weighted by Crippen LogP contribution is 2.35. The van der Waals surface area contributed by atoms with Crippen LogP contribution in [0, 0.1) is 5.92 Å². The van der Waals surface area contributed by atoms with Crippen LogP contribution in [0.25, 0.3) is 0 Å². The van der Waals surface area contributed by atoms with E-state index < -0.39 is 18.5 Å². The van der Waals surface area contributed by atoms with Crippen molar-refractivity contribution in [1.82, 2.24) is 0 Å². The number of rotatable bonds is 1. The molecule has 2 rings (SSSR count). The van der Waals surface area contributed by atoms with E-state index in [9.17, 15) is 9.59 Å². The lowest BCUT2D eigenvalue weighted by Crippen LogP contribution is -2.25. The molecule has 3 atom stereocenters. The minimum absolute atomic E-state index is 0.0323. The topological polar surface area (TPSA) is 61.8 Å². The first-order chi connectivity index (χ1) is 6.15. The Bertz CT molecular complexity index is 249. The molecule has 2 heterocycles. The van der Waals surface area contributed by atoms with Gasteiger partial charge in [0.15, 0.2) is 0 Å².